The fourth-order valence-electron chi connectivity index (χ4n) is 2.29. The Bertz CT molecular complexity index is 570. The number of para-hydroxylation sites is 2. The molecule has 1 fully saturated rings. The van der Waals surface area contributed by atoms with Crippen molar-refractivity contribution in [3.05, 3.63) is 59.7 Å². The zero-order valence-electron chi connectivity index (χ0n) is 12.8. The number of rotatable bonds is 4. The van der Waals surface area contributed by atoms with Crippen LogP contribution in [-0.2, 0) is 9.47 Å². The van der Waals surface area contributed by atoms with E-state index in [9.17, 15) is 0 Å². The average molecular weight is 300 g/mol. The third-order valence-electron chi connectivity index (χ3n) is 3.54. The van der Waals surface area contributed by atoms with Crippen LogP contribution in [0.2, 0.25) is 0 Å². The van der Waals surface area contributed by atoms with Crippen molar-refractivity contribution in [2.75, 3.05) is 13.2 Å². The first-order valence-corrected chi connectivity index (χ1v) is 7.42. The Hall–Kier alpha value is -2.04. The zero-order chi connectivity index (χ0) is 15.4. The Balaban J connectivity index is 1.74. The maximum Gasteiger partial charge on any atom is 0.263 e. The molecule has 0 radical (unpaired) electrons. The molecular weight excluding hydrogens is 280 g/mol. The van der Waals surface area contributed by atoms with Crippen molar-refractivity contribution < 1.29 is 18.9 Å². The highest BCUT2D eigenvalue weighted by Crippen LogP contribution is 2.25. The molecule has 0 saturated carbocycles. The molecule has 1 aliphatic rings. The molecule has 0 aromatic heterocycles. The number of ether oxygens (including phenoxy) is 4. The van der Waals surface area contributed by atoms with Gasteiger partial charge in [-0.1, -0.05) is 36.4 Å². The summed E-state index contributed by atoms with van der Waals surface area (Å²) in [6.07, 6.45) is -1.18. The van der Waals surface area contributed by atoms with Crippen molar-refractivity contribution in [3.8, 4) is 11.5 Å². The molecule has 1 saturated heterocycles. The molecule has 1 heterocycles. The number of hydrogen-bond donors (Lipinski definition) is 0. The van der Waals surface area contributed by atoms with Crippen LogP contribution in [0.3, 0.4) is 0 Å². The number of aryl methyl sites for hydroxylation is 2. The number of benzene rings is 2. The summed E-state index contributed by atoms with van der Waals surface area (Å²) in [7, 11) is 0. The first kappa shape index (κ1) is 14.9. The van der Waals surface area contributed by atoms with Crippen molar-refractivity contribution in [3.63, 3.8) is 0 Å². The van der Waals surface area contributed by atoms with Crippen LogP contribution in [0.5, 0.6) is 11.5 Å². The zero-order valence-corrected chi connectivity index (χ0v) is 12.8. The SMILES string of the molecule is Cc1ccccc1OC1OCCOC1Oc1ccccc1C. The predicted octanol–water partition coefficient (Wildman–Crippen LogP) is 3.46. The smallest absolute Gasteiger partial charge is 0.263 e. The van der Waals surface area contributed by atoms with Gasteiger partial charge < -0.3 is 18.9 Å². The molecule has 2 aromatic rings. The Morgan fingerprint density at radius 3 is 1.55 bits per heavy atom. The van der Waals surface area contributed by atoms with Crippen molar-refractivity contribution >= 4 is 0 Å². The minimum Gasteiger partial charge on any atom is -0.458 e. The molecule has 0 spiro atoms. The van der Waals surface area contributed by atoms with Gasteiger partial charge in [0.2, 0.25) is 0 Å². The molecule has 0 aliphatic carbocycles. The van der Waals surface area contributed by atoms with Crippen LogP contribution in [0.25, 0.3) is 0 Å². The second-order valence-corrected chi connectivity index (χ2v) is 5.25. The summed E-state index contributed by atoms with van der Waals surface area (Å²) in [5.74, 6) is 1.55. The molecule has 22 heavy (non-hydrogen) atoms. The van der Waals surface area contributed by atoms with Crippen molar-refractivity contribution in [2.24, 2.45) is 0 Å². The summed E-state index contributed by atoms with van der Waals surface area (Å²) in [5, 5.41) is 0. The molecule has 4 heteroatoms. The standard InChI is InChI=1S/C18H20O4/c1-13-7-3-5-9-15(13)21-17-18(20-12-11-19-17)22-16-10-6-4-8-14(16)2/h3-10,17-18H,11-12H2,1-2H3. The molecular formula is C18H20O4. The van der Waals surface area contributed by atoms with Gasteiger partial charge in [0.25, 0.3) is 12.6 Å². The van der Waals surface area contributed by atoms with Gasteiger partial charge in [-0.25, -0.2) is 0 Å². The summed E-state index contributed by atoms with van der Waals surface area (Å²) in [6.45, 7) is 4.97. The van der Waals surface area contributed by atoms with E-state index in [4.69, 9.17) is 18.9 Å². The van der Waals surface area contributed by atoms with Crippen LogP contribution in [0.4, 0.5) is 0 Å². The van der Waals surface area contributed by atoms with Gasteiger partial charge in [-0.3, -0.25) is 0 Å². The first-order chi connectivity index (χ1) is 10.7. The highest BCUT2D eigenvalue weighted by molar-refractivity contribution is 5.33. The predicted molar refractivity (Wildman–Crippen MR) is 83.1 cm³/mol. The Morgan fingerprint density at radius 2 is 1.14 bits per heavy atom. The van der Waals surface area contributed by atoms with Crippen LogP contribution in [0, 0.1) is 13.8 Å². The van der Waals surface area contributed by atoms with E-state index in [1.165, 1.54) is 0 Å². The van der Waals surface area contributed by atoms with E-state index in [-0.39, 0.29) is 0 Å². The van der Waals surface area contributed by atoms with E-state index >= 15 is 0 Å². The first-order valence-electron chi connectivity index (χ1n) is 7.42. The van der Waals surface area contributed by atoms with Gasteiger partial charge in [0.1, 0.15) is 11.5 Å². The monoisotopic (exact) mass is 300 g/mol. The second-order valence-electron chi connectivity index (χ2n) is 5.25. The minimum absolute atomic E-state index is 0.490. The van der Waals surface area contributed by atoms with Gasteiger partial charge in [-0.15, -0.1) is 0 Å². The Morgan fingerprint density at radius 1 is 0.727 bits per heavy atom. The molecule has 2 aromatic carbocycles. The van der Waals surface area contributed by atoms with Gasteiger partial charge in [0.05, 0.1) is 13.2 Å². The van der Waals surface area contributed by atoms with E-state index < -0.39 is 12.6 Å². The maximum absolute atomic E-state index is 5.94. The lowest BCUT2D eigenvalue weighted by Crippen LogP contribution is -2.45. The third-order valence-corrected chi connectivity index (χ3v) is 3.54. The lowest BCUT2D eigenvalue weighted by Gasteiger charge is -2.32. The van der Waals surface area contributed by atoms with Crippen molar-refractivity contribution in [1.82, 2.24) is 0 Å². The van der Waals surface area contributed by atoms with Crippen LogP contribution in [-0.4, -0.2) is 25.8 Å². The topological polar surface area (TPSA) is 36.9 Å². The second kappa shape index (κ2) is 6.81. The molecule has 2 unspecified atom stereocenters. The summed E-state index contributed by atoms with van der Waals surface area (Å²) in [4.78, 5) is 0. The molecule has 116 valence electrons. The Labute approximate surface area is 130 Å². The summed E-state index contributed by atoms with van der Waals surface area (Å²) in [6, 6.07) is 15.6. The van der Waals surface area contributed by atoms with Crippen molar-refractivity contribution in [2.45, 2.75) is 26.4 Å². The number of hydrogen-bond acceptors (Lipinski definition) is 4. The van der Waals surface area contributed by atoms with E-state index in [0.29, 0.717) is 13.2 Å². The van der Waals surface area contributed by atoms with Crippen LogP contribution in [0.15, 0.2) is 48.5 Å². The molecule has 4 nitrogen and oxygen atoms in total. The summed E-state index contributed by atoms with van der Waals surface area (Å²) < 4.78 is 23.3. The highest BCUT2D eigenvalue weighted by atomic mass is 16.8. The fourth-order valence-corrected chi connectivity index (χ4v) is 2.29. The molecule has 0 amide bonds. The maximum atomic E-state index is 5.94. The highest BCUT2D eigenvalue weighted by Gasteiger charge is 2.31. The minimum atomic E-state index is -0.588. The van der Waals surface area contributed by atoms with Gasteiger partial charge in [0, 0.05) is 0 Å². The normalized spacial score (nSPS) is 21.4. The van der Waals surface area contributed by atoms with E-state index in [2.05, 4.69) is 0 Å². The van der Waals surface area contributed by atoms with Crippen LogP contribution in [0.1, 0.15) is 11.1 Å². The molecule has 0 bridgehead atoms. The van der Waals surface area contributed by atoms with Crippen molar-refractivity contribution in [1.29, 1.82) is 0 Å². The Kier molecular flexibility index (Phi) is 4.61. The van der Waals surface area contributed by atoms with E-state index in [0.717, 1.165) is 22.6 Å². The largest absolute Gasteiger partial charge is 0.458 e. The molecule has 2 atom stereocenters. The fraction of sp³-hybridized carbons (Fsp3) is 0.333. The lowest BCUT2D eigenvalue weighted by molar-refractivity contribution is -0.271. The van der Waals surface area contributed by atoms with Gasteiger partial charge in [0.15, 0.2) is 0 Å². The average Bonchev–Trinajstić information content (AvgIpc) is 2.53. The summed E-state index contributed by atoms with van der Waals surface area (Å²) in [5.41, 5.74) is 2.10. The van der Waals surface area contributed by atoms with Crippen LogP contribution >= 0.6 is 0 Å². The molecule has 0 N–H and O–H groups in total. The van der Waals surface area contributed by atoms with Crippen LogP contribution < -0.4 is 9.47 Å². The molecule has 3 rings (SSSR count). The van der Waals surface area contributed by atoms with Gasteiger partial charge in [-0.05, 0) is 37.1 Å². The molecule has 1 aliphatic heterocycles. The van der Waals surface area contributed by atoms with E-state index in [1.54, 1.807) is 0 Å². The summed E-state index contributed by atoms with van der Waals surface area (Å²) >= 11 is 0. The lowest BCUT2D eigenvalue weighted by atomic mass is 10.2. The van der Waals surface area contributed by atoms with Gasteiger partial charge >= 0.3 is 0 Å². The quantitative estimate of drug-likeness (QED) is 0.866. The third kappa shape index (κ3) is 3.40. The van der Waals surface area contributed by atoms with E-state index in [1.807, 2.05) is 62.4 Å². The van der Waals surface area contributed by atoms with Gasteiger partial charge in [-0.2, -0.15) is 0 Å².